The molecular weight excluding hydrogens is 312 g/mol. The lowest BCUT2D eigenvalue weighted by atomic mass is 10.1. The lowest BCUT2D eigenvalue weighted by Crippen LogP contribution is -2.52. The number of carbonyl (C=O) groups excluding carboxylic acids is 1. The Labute approximate surface area is 132 Å². The SMILES string of the molecule is Cc1ccc(C(=O)N2CCNC[C@@H]2C)cc1S(C)(=O)=O.Cl. The van der Waals surface area contributed by atoms with Crippen LogP contribution in [-0.4, -0.2) is 51.2 Å². The van der Waals surface area contributed by atoms with Crippen molar-refractivity contribution in [2.24, 2.45) is 0 Å². The van der Waals surface area contributed by atoms with E-state index in [1.54, 1.807) is 24.0 Å². The zero-order valence-corrected chi connectivity index (χ0v) is 14.1. The maximum atomic E-state index is 12.5. The molecule has 2 rings (SSSR count). The van der Waals surface area contributed by atoms with Gasteiger partial charge in [-0.1, -0.05) is 6.07 Å². The zero-order chi connectivity index (χ0) is 14.9. The molecule has 0 aromatic heterocycles. The summed E-state index contributed by atoms with van der Waals surface area (Å²) in [4.78, 5) is 14.5. The fraction of sp³-hybridized carbons (Fsp3) is 0.500. The fourth-order valence-electron chi connectivity index (χ4n) is 2.44. The molecule has 1 aliphatic heterocycles. The van der Waals surface area contributed by atoms with E-state index in [-0.39, 0.29) is 29.3 Å². The molecule has 1 fully saturated rings. The maximum Gasteiger partial charge on any atom is 0.254 e. The third kappa shape index (κ3) is 3.96. The average Bonchev–Trinajstić information content (AvgIpc) is 2.37. The predicted octanol–water partition coefficient (Wildman–Crippen LogP) is 1.25. The highest BCUT2D eigenvalue weighted by Crippen LogP contribution is 2.19. The minimum absolute atomic E-state index is 0. The van der Waals surface area contributed by atoms with Crippen molar-refractivity contribution in [1.82, 2.24) is 10.2 Å². The zero-order valence-electron chi connectivity index (χ0n) is 12.4. The molecule has 0 unspecified atom stereocenters. The number of aryl methyl sites for hydroxylation is 1. The summed E-state index contributed by atoms with van der Waals surface area (Å²) in [6, 6.07) is 4.98. The molecule has 0 bridgehead atoms. The van der Waals surface area contributed by atoms with Crippen molar-refractivity contribution in [3.63, 3.8) is 0 Å². The second kappa shape index (κ2) is 6.77. The number of amides is 1. The number of benzene rings is 1. The molecule has 0 spiro atoms. The van der Waals surface area contributed by atoms with E-state index in [0.29, 0.717) is 17.7 Å². The van der Waals surface area contributed by atoms with Crippen LogP contribution in [0.2, 0.25) is 0 Å². The van der Waals surface area contributed by atoms with Crippen LogP contribution in [0.3, 0.4) is 0 Å². The van der Waals surface area contributed by atoms with E-state index in [1.807, 2.05) is 6.92 Å². The molecule has 0 radical (unpaired) electrons. The van der Waals surface area contributed by atoms with Crippen LogP contribution in [-0.2, 0) is 9.84 Å². The van der Waals surface area contributed by atoms with Crippen LogP contribution in [0, 0.1) is 6.92 Å². The predicted molar refractivity (Wildman–Crippen MR) is 84.9 cm³/mol. The average molecular weight is 333 g/mol. The summed E-state index contributed by atoms with van der Waals surface area (Å²) in [6.07, 6.45) is 1.16. The first kappa shape index (κ1) is 17.9. The molecule has 7 heteroatoms. The quantitative estimate of drug-likeness (QED) is 0.885. The van der Waals surface area contributed by atoms with Crippen molar-refractivity contribution in [3.8, 4) is 0 Å². The molecule has 118 valence electrons. The van der Waals surface area contributed by atoms with Crippen molar-refractivity contribution in [2.45, 2.75) is 24.8 Å². The van der Waals surface area contributed by atoms with E-state index in [0.717, 1.165) is 19.3 Å². The first-order chi connectivity index (χ1) is 9.30. The molecule has 1 saturated heterocycles. The van der Waals surface area contributed by atoms with Crippen molar-refractivity contribution in [2.75, 3.05) is 25.9 Å². The number of nitrogens with zero attached hydrogens (tertiary/aromatic N) is 1. The number of carbonyl (C=O) groups is 1. The Hall–Kier alpha value is -1.11. The molecular formula is C14H21ClN2O3S. The summed E-state index contributed by atoms with van der Waals surface area (Å²) in [5.41, 5.74) is 1.10. The Morgan fingerprint density at radius 3 is 2.62 bits per heavy atom. The van der Waals surface area contributed by atoms with Gasteiger partial charge in [0.25, 0.3) is 5.91 Å². The van der Waals surface area contributed by atoms with Gasteiger partial charge in [0, 0.05) is 37.5 Å². The number of halogens is 1. The lowest BCUT2D eigenvalue weighted by molar-refractivity contribution is 0.0655. The molecule has 5 nitrogen and oxygen atoms in total. The Morgan fingerprint density at radius 1 is 1.38 bits per heavy atom. The highest BCUT2D eigenvalue weighted by Gasteiger charge is 2.25. The van der Waals surface area contributed by atoms with Crippen LogP contribution in [0.1, 0.15) is 22.8 Å². The molecule has 1 aromatic rings. The number of hydrogen-bond donors (Lipinski definition) is 1. The van der Waals surface area contributed by atoms with Crippen molar-refractivity contribution in [1.29, 1.82) is 0 Å². The monoisotopic (exact) mass is 332 g/mol. The van der Waals surface area contributed by atoms with Gasteiger partial charge in [-0.05, 0) is 31.5 Å². The van der Waals surface area contributed by atoms with Gasteiger partial charge in [0.15, 0.2) is 9.84 Å². The van der Waals surface area contributed by atoms with Crippen molar-refractivity contribution >= 4 is 28.2 Å². The van der Waals surface area contributed by atoms with Crippen LogP contribution in [0.5, 0.6) is 0 Å². The largest absolute Gasteiger partial charge is 0.333 e. The molecule has 21 heavy (non-hydrogen) atoms. The molecule has 0 saturated carbocycles. The molecule has 1 aliphatic rings. The van der Waals surface area contributed by atoms with Crippen LogP contribution in [0.15, 0.2) is 23.1 Å². The summed E-state index contributed by atoms with van der Waals surface area (Å²) >= 11 is 0. The standard InChI is InChI=1S/C14H20N2O3S.ClH/c1-10-4-5-12(8-13(10)20(3,18)19)14(17)16-7-6-15-9-11(16)2;/h4-5,8,11,15H,6-7,9H2,1-3H3;1H/t11-;/m0./s1. The Bertz CT molecular complexity index is 631. The van der Waals surface area contributed by atoms with Gasteiger partial charge in [-0.25, -0.2) is 8.42 Å². The van der Waals surface area contributed by atoms with Crippen molar-refractivity contribution < 1.29 is 13.2 Å². The van der Waals surface area contributed by atoms with Gasteiger partial charge in [0.2, 0.25) is 0 Å². The minimum Gasteiger partial charge on any atom is -0.333 e. The van der Waals surface area contributed by atoms with Crippen LogP contribution < -0.4 is 5.32 Å². The molecule has 0 aliphatic carbocycles. The molecule has 1 atom stereocenters. The number of nitrogens with one attached hydrogen (secondary N) is 1. The van der Waals surface area contributed by atoms with E-state index < -0.39 is 9.84 Å². The maximum absolute atomic E-state index is 12.5. The van der Waals surface area contributed by atoms with E-state index in [4.69, 9.17) is 0 Å². The smallest absolute Gasteiger partial charge is 0.254 e. The second-order valence-corrected chi connectivity index (χ2v) is 7.29. The molecule has 1 aromatic carbocycles. The van der Waals surface area contributed by atoms with Crippen LogP contribution in [0.25, 0.3) is 0 Å². The van der Waals surface area contributed by atoms with E-state index in [1.165, 1.54) is 6.07 Å². The highest BCUT2D eigenvalue weighted by atomic mass is 35.5. The van der Waals surface area contributed by atoms with Gasteiger partial charge in [-0.15, -0.1) is 12.4 Å². The number of rotatable bonds is 2. The van der Waals surface area contributed by atoms with E-state index in [2.05, 4.69) is 5.32 Å². The van der Waals surface area contributed by atoms with E-state index in [9.17, 15) is 13.2 Å². The third-order valence-corrected chi connectivity index (χ3v) is 4.84. The highest BCUT2D eigenvalue weighted by molar-refractivity contribution is 7.90. The fourth-order valence-corrected chi connectivity index (χ4v) is 3.44. The number of hydrogen-bond acceptors (Lipinski definition) is 4. The van der Waals surface area contributed by atoms with Crippen LogP contribution in [0.4, 0.5) is 0 Å². The molecule has 1 heterocycles. The summed E-state index contributed by atoms with van der Waals surface area (Å²) in [5.74, 6) is -0.107. The summed E-state index contributed by atoms with van der Waals surface area (Å²) in [7, 11) is -3.32. The minimum atomic E-state index is -3.32. The summed E-state index contributed by atoms with van der Waals surface area (Å²) in [6.45, 7) is 5.88. The summed E-state index contributed by atoms with van der Waals surface area (Å²) < 4.78 is 23.5. The van der Waals surface area contributed by atoms with Gasteiger partial charge in [-0.3, -0.25) is 4.79 Å². The van der Waals surface area contributed by atoms with Crippen molar-refractivity contribution in [3.05, 3.63) is 29.3 Å². The summed E-state index contributed by atoms with van der Waals surface area (Å²) in [5, 5.41) is 3.23. The van der Waals surface area contributed by atoms with Gasteiger partial charge < -0.3 is 10.2 Å². The Morgan fingerprint density at radius 2 is 2.05 bits per heavy atom. The second-order valence-electron chi connectivity index (χ2n) is 5.30. The topological polar surface area (TPSA) is 66.5 Å². The van der Waals surface area contributed by atoms with E-state index >= 15 is 0 Å². The number of piperazine rings is 1. The first-order valence-corrected chi connectivity index (χ1v) is 8.52. The van der Waals surface area contributed by atoms with Gasteiger partial charge in [0.05, 0.1) is 4.90 Å². The Balaban J connectivity index is 0.00000220. The third-order valence-electron chi connectivity index (χ3n) is 3.60. The Kier molecular flexibility index (Phi) is 5.78. The number of sulfone groups is 1. The van der Waals surface area contributed by atoms with Gasteiger partial charge in [0.1, 0.15) is 0 Å². The van der Waals surface area contributed by atoms with Gasteiger partial charge in [-0.2, -0.15) is 0 Å². The molecule has 1 N–H and O–H groups in total. The van der Waals surface area contributed by atoms with Crippen LogP contribution >= 0.6 is 12.4 Å². The first-order valence-electron chi connectivity index (χ1n) is 6.63. The van der Waals surface area contributed by atoms with Gasteiger partial charge >= 0.3 is 0 Å². The molecule has 1 amide bonds. The normalized spacial score (nSPS) is 19.0. The lowest BCUT2D eigenvalue weighted by Gasteiger charge is -2.34.